The first-order chi connectivity index (χ1) is 14.1. The number of nitrogens with two attached hydrogens (primary N) is 1. The summed E-state index contributed by atoms with van der Waals surface area (Å²) in [6, 6.07) is 23.2. The van der Waals surface area contributed by atoms with E-state index >= 15 is 0 Å². The van der Waals surface area contributed by atoms with Crippen molar-refractivity contribution in [3.63, 3.8) is 0 Å². The summed E-state index contributed by atoms with van der Waals surface area (Å²) in [6.45, 7) is -0.157. The lowest BCUT2D eigenvalue weighted by Crippen LogP contribution is -2.33. The number of hydrogen-bond acceptors (Lipinski definition) is 4. The topological polar surface area (TPSA) is 90.7 Å². The molecular formula is C23H22N2O4. The molecule has 0 bridgehead atoms. The molecule has 6 heteroatoms. The van der Waals surface area contributed by atoms with Crippen molar-refractivity contribution in [3.05, 3.63) is 95.6 Å². The zero-order valence-corrected chi connectivity index (χ0v) is 16.0. The number of benzene rings is 3. The van der Waals surface area contributed by atoms with Gasteiger partial charge in [0.15, 0.2) is 6.61 Å². The number of nitrogens with one attached hydrogen (secondary N) is 1. The molecule has 1 unspecified atom stereocenters. The highest BCUT2D eigenvalue weighted by molar-refractivity contribution is 5.92. The lowest BCUT2D eigenvalue weighted by atomic mass is 9.98. The van der Waals surface area contributed by atoms with Gasteiger partial charge in [-0.05, 0) is 47.5 Å². The van der Waals surface area contributed by atoms with E-state index in [2.05, 4.69) is 5.32 Å². The van der Waals surface area contributed by atoms with Gasteiger partial charge in [-0.15, -0.1) is 0 Å². The normalized spacial score (nSPS) is 11.3. The SMILES string of the molecule is COc1ccc(C(NC(=O)COc2ccc(C(N)=O)cc2)c2ccccc2)cc1. The van der Waals surface area contributed by atoms with Gasteiger partial charge < -0.3 is 20.5 Å². The molecule has 0 aromatic heterocycles. The number of hydrogen-bond donors (Lipinski definition) is 2. The highest BCUT2D eigenvalue weighted by atomic mass is 16.5. The van der Waals surface area contributed by atoms with Crippen LogP contribution in [-0.2, 0) is 4.79 Å². The minimum Gasteiger partial charge on any atom is -0.497 e. The van der Waals surface area contributed by atoms with Crippen LogP contribution in [0.4, 0.5) is 0 Å². The maximum Gasteiger partial charge on any atom is 0.258 e. The van der Waals surface area contributed by atoms with Crippen LogP contribution in [0, 0.1) is 0 Å². The Bertz CT molecular complexity index is 954. The predicted molar refractivity (Wildman–Crippen MR) is 110 cm³/mol. The maximum absolute atomic E-state index is 12.5. The summed E-state index contributed by atoms with van der Waals surface area (Å²) in [4.78, 5) is 23.7. The lowest BCUT2D eigenvalue weighted by molar-refractivity contribution is -0.123. The first-order valence-electron chi connectivity index (χ1n) is 9.08. The van der Waals surface area contributed by atoms with Gasteiger partial charge in [0.2, 0.25) is 5.91 Å². The number of methoxy groups -OCH3 is 1. The number of ether oxygens (including phenoxy) is 2. The second-order valence-corrected chi connectivity index (χ2v) is 6.36. The van der Waals surface area contributed by atoms with Gasteiger partial charge in [0.05, 0.1) is 13.2 Å². The molecule has 3 rings (SSSR count). The molecule has 1 atom stereocenters. The number of primary amides is 1. The van der Waals surface area contributed by atoms with Crippen molar-refractivity contribution in [1.82, 2.24) is 5.32 Å². The van der Waals surface area contributed by atoms with Crippen molar-refractivity contribution in [3.8, 4) is 11.5 Å². The molecule has 0 aliphatic carbocycles. The molecule has 0 aliphatic rings. The number of rotatable bonds is 8. The van der Waals surface area contributed by atoms with Crippen molar-refractivity contribution >= 4 is 11.8 Å². The van der Waals surface area contributed by atoms with Crippen LogP contribution in [0.25, 0.3) is 0 Å². The van der Waals surface area contributed by atoms with Crippen molar-refractivity contribution in [2.24, 2.45) is 5.73 Å². The predicted octanol–water partition coefficient (Wildman–Crippen LogP) is 3.08. The lowest BCUT2D eigenvalue weighted by Gasteiger charge is -2.20. The molecule has 0 spiro atoms. The maximum atomic E-state index is 12.5. The average molecular weight is 390 g/mol. The van der Waals surface area contributed by atoms with Crippen molar-refractivity contribution in [2.75, 3.05) is 13.7 Å². The highest BCUT2D eigenvalue weighted by Crippen LogP contribution is 2.24. The summed E-state index contributed by atoms with van der Waals surface area (Å²) in [7, 11) is 1.61. The molecule has 3 N–H and O–H groups in total. The minimum absolute atomic E-state index is 0.157. The van der Waals surface area contributed by atoms with Crippen molar-refractivity contribution in [1.29, 1.82) is 0 Å². The summed E-state index contributed by atoms with van der Waals surface area (Å²) in [5.41, 5.74) is 7.48. The van der Waals surface area contributed by atoms with Crippen LogP contribution in [-0.4, -0.2) is 25.5 Å². The highest BCUT2D eigenvalue weighted by Gasteiger charge is 2.17. The quantitative estimate of drug-likeness (QED) is 0.618. The van der Waals surface area contributed by atoms with Crippen LogP contribution in [0.5, 0.6) is 11.5 Å². The molecule has 0 heterocycles. The van der Waals surface area contributed by atoms with E-state index in [1.165, 1.54) is 0 Å². The van der Waals surface area contributed by atoms with Crippen LogP contribution >= 0.6 is 0 Å². The Morgan fingerprint density at radius 3 is 2.03 bits per heavy atom. The van der Waals surface area contributed by atoms with Gasteiger partial charge in [-0.3, -0.25) is 9.59 Å². The molecule has 148 valence electrons. The molecule has 6 nitrogen and oxygen atoms in total. The van der Waals surface area contributed by atoms with E-state index in [1.54, 1.807) is 31.4 Å². The monoisotopic (exact) mass is 390 g/mol. The number of amides is 2. The summed E-state index contributed by atoms with van der Waals surface area (Å²) in [5, 5.41) is 3.01. The third kappa shape index (κ3) is 5.35. The van der Waals surface area contributed by atoms with E-state index in [0.717, 1.165) is 16.9 Å². The zero-order valence-electron chi connectivity index (χ0n) is 16.0. The average Bonchev–Trinajstić information content (AvgIpc) is 2.77. The molecule has 3 aromatic carbocycles. The number of carbonyl (C=O) groups excluding carboxylic acids is 2. The van der Waals surface area contributed by atoms with Gasteiger partial charge in [-0.25, -0.2) is 0 Å². The van der Waals surface area contributed by atoms with E-state index in [9.17, 15) is 9.59 Å². The van der Waals surface area contributed by atoms with Crippen molar-refractivity contribution in [2.45, 2.75) is 6.04 Å². The van der Waals surface area contributed by atoms with Crippen LogP contribution in [0.15, 0.2) is 78.9 Å². The Balaban J connectivity index is 1.69. The Morgan fingerprint density at radius 2 is 1.45 bits per heavy atom. The van der Waals surface area contributed by atoms with Crippen molar-refractivity contribution < 1.29 is 19.1 Å². The third-order valence-corrected chi connectivity index (χ3v) is 4.40. The fraction of sp³-hybridized carbons (Fsp3) is 0.130. The first-order valence-corrected chi connectivity index (χ1v) is 9.08. The van der Waals surface area contributed by atoms with E-state index < -0.39 is 5.91 Å². The van der Waals surface area contributed by atoms with Crippen LogP contribution in [0.2, 0.25) is 0 Å². The summed E-state index contributed by atoms with van der Waals surface area (Å²) in [5.74, 6) is 0.439. The Morgan fingerprint density at radius 1 is 0.862 bits per heavy atom. The van der Waals surface area contributed by atoms with Crippen LogP contribution in [0.1, 0.15) is 27.5 Å². The number of carbonyl (C=O) groups is 2. The zero-order chi connectivity index (χ0) is 20.6. The van der Waals surface area contributed by atoms with Gasteiger partial charge in [-0.1, -0.05) is 42.5 Å². The van der Waals surface area contributed by atoms with Crippen LogP contribution in [0.3, 0.4) is 0 Å². The molecule has 0 saturated heterocycles. The smallest absolute Gasteiger partial charge is 0.258 e. The molecule has 29 heavy (non-hydrogen) atoms. The Hall–Kier alpha value is -3.80. The van der Waals surface area contributed by atoms with Crippen LogP contribution < -0.4 is 20.5 Å². The molecule has 0 radical (unpaired) electrons. The standard InChI is InChI=1S/C23H22N2O4/c1-28-19-11-7-17(8-12-19)22(16-5-3-2-4-6-16)25-21(26)15-29-20-13-9-18(10-14-20)23(24)27/h2-14,22H,15H2,1H3,(H2,24,27)(H,25,26). The van der Waals surface area contributed by atoms with Gasteiger partial charge in [0.25, 0.3) is 5.91 Å². The second-order valence-electron chi connectivity index (χ2n) is 6.36. The third-order valence-electron chi connectivity index (χ3n) is 4.40. The largest absolute Gasteiger partial charge is 0.497 e. The summed E-state index contributed by atoms with van der Waals surface area (Å²) < 4.78 is 10.7. The van der Waals surface area contributed by atoms with Gasteiger partial charge in [0.1, 0.15) is 11.5 Å². The molecule has 3 aromatic rings. The minimum atomic E-state index is -0.514. The Labute approximate surface area is 169 Å². The summed E-state index contributed by atoms with van der Waals surface area (Å²) >= 11 is 0. The first kappa shape index (κ1) is 19.9. The molecular weight excluding hydrogens is 368 g/mol. The molecule has 0 fully saturated rings. The summed E-state index contributed by atoms with van der Waals surface area (Å²) in [6.07, 6.45) is 0. The van der Waals surface area contributed by atoms with Gasteiger partial charge in [0, 0.05) is 5.56 Å². The molecule has 0 saturated carbocycles. The van der Waals surface area contributed by atoms with Gasteiger partial charge >= 0.3 is 0 Å². The Kier molecular flexibility index (Phi) is 6.47. The van der Waals surface area contributed by atoms with Gasteiger partial charge in [-0.2, -0.15) is 0 Å². The fourth-order valence-corrected chi connectivity index (χ4v) is 2.87. The van der Waals surface area contributed by atoms with E-state index in [4.69, 9.17) is 15.2 Å². The molecule has 2 amide bonds. The fourth-order valence-electron chi connectivity index (χ4n) is 2.87. The molecule has 0 aliphatic heterocycles. The van der Waals surface area contributed by atoms with E-state index in [-0.39, 0.29) is 18.6 Å². The van der Waals surface area contributed by atoms with E-state index in [1.807, 2.05) is 54.6 Å². The second kappa shape index (κ2) is 9.41. The van der Waals surface area contributed by atoms with E-state index in [0.29, 0.717) is 11.3 Å².